The van der Waals surface area contributed by atoms with Crippen LogP contribution in [0.15, 0.2) is 54.7 Å². The Balaban J connectivity index is 1.62. The molecular formula is C22H20ClN3O. The summed E-state index contributed by atoms with van der Waals surface area (Å²) in [6.07, 6.45) is 3.73. The van der Waals surface area contributed by atoms with Gasteiger partial charge in [-0.1, -0.05) is 35.9 Å². The van der Waals surface area contributed by atoms with Crippen molar-refractivity contribution in [2.45, 2.75) is 18.3 Å². The first-order valence-electron chi connectivity index (χ1n) is 9.34. The maximum absolute atomic E-state index is 13.5. The lowest BCUT2D eigenvalue weighted by molar-refractivity contribution is 0.0980. The number of pyridine rings is 1. The SMILES string of the molecule is O=C(c1nccc2ccccc12)N1CC2(CCNCC2)c2cc(Cl)ccc21. The minimum Gasteiger partial charge on any atom is -0.317 e. The third kappa shape index (κ3) is 2.63. The van der Waals surface area contributed by atoms with E-state index in [1.807, 2.05) is 53.4 Å². The molecule has 1 fully saturated rings. The van der Waals surface area contributed by atoms with Crippen LogP contribution in [0, 0.1) is 0 Å². The fourth-order valence-corrected chi connectivity index (χ4v) is 4.75. The highest BCUT2D eigenvalue weighted by Gasteiger charge is 2.45. The molecule has 1 N–H and O–H groups in total. The molecule has 3 aromatic rings. The molecule has 2 aromatic carbocycles. The summed E-state index contributed by atoms with van der Waals surface area (Å²) < 4.78 is 0. The van der Waals surface area contributed by atoms with E-state index in [9.17, 15) is 4.79 Å². The van der Waals surface area contributed by atoms with Gasteiger partial charge in [0.2, 0.25) is 0 Å². The summed E-state index contributed by atoms with van der Waals surface area (Å²) >= 11 is 6.32. The Morgan fingerprint density at radius 3 is 2.78 bits per heavy atom. The number of piperidine rings is 1. The minimum atomic E-state index is -0.0363. The Kier molecular flexibility index (Phi) is 3.92. The minimum absolute atomic E-state index is 0.0221. The first kappa shape index (κ1) is 16.7. The zero-order valence-electron chi connectivity index (χ0n) is 14.9. The van der Waals surface area contributed by atoms with Crippen molar-refractivity contribution in [2.75, 3.05) is 24.5 Å². The quantitative estimate of drug-likeness (QED) is 0.692. The first-order valence-corrected chi connectivity index (χ1v) is 9.72. The largest absolute Gasteiger partial charge is 0.317 e. The monoisotopic (exact) mass is 377 g/mol. The fraction of sp³-hybridized carbons (Fsp3) is 0.273. The van der Waals surface area contributed by atoms with Crippen molar-refractivity contribution in [3.05, 3.63) is 71.0 Å². The van der Waals surface area contributed by atoms with Crippen molar-refractivity contribution < 1.29 is 4.79 Å². The molecule has 0 atom stereocenters. The van der Waals surface area contributed by atoms with Gasteiger partial charge in [0.05, 0.1) is 0 Å². The van der Waals surface area contributed by atoms with Crippen molar-refractivity contribution in [2.24, 2.45) is 0 Å². The van der Waals surface area contributed by atoms with Crippen molar-refractivity contribution in [1.82, 2.24) is 10.3 Å². The van der Waals surface area contributed by atoms with Gasteiger partial charge in [-0.05, 0) is 61.1 Å². The van der Waals surface area contributed by atoms with Crippen LogP contribution < -0.4 is 10.2 Å². The number of rotatable bonds is 1. The van der Waals surface area contributed by atoms with Gasteiger partial charge in [0.15, 0.2) is 0 Å². The number of nitrogens with zero attached hydrogens (tertiary/aromatic N) is 2. The van der Waals surface area contributed by atoms with Crippen LogP contribution in [0.25, 0.3) is 10.8 Å². The zero-order chi connectivity index (χ0) is 18.4. The average molecular weight is 378 g/mol. The highest BCUT2D eigenvalue weighted by atomic mass is 35.5. The number of carbonyl (C=O) groups excluding carboxylic acids is 1. The Morgan fingerprint density at radius 2 is 1.93 bits per heavy atom. The Bertz CT molecular complexity index is 1040. The van der Waals surface area contributed by atoms with Crippen LogP contribution in [0.1, 0.15) is 28.9 Å². The molecule has 1 saturated heterocycles. The van der Waals surface area contributed by atoms with Gasteiger partial charge < -0.3 is 10.2 Å². The van der Waals surface area contributed by atoms with Gasteiger partial charge >= 0.3 is 0 Å². The number of benzene rings is 2. The van der Waals surface area contributed by atoms with Crippen LogP contribution in [0.5, 0.6) is 0 Å². The summed E-state index contributed by atoms with van der Waals surface area (Å²) in [4.78, 5) is 19.9. The molecule has 0 bridgehead atoms. The second-order valence-electron chi connectivity index (χ2n) is 7.46. The molecule has 1 spiro atoms. The van der Waals surface area contributed by atoms with E-state index in [4.69, 9.17) is 11.6 Å². The Hall–Kier alpha value is -2.43. The first-order chi connectivity index (χ1) is 13.2. The molecule has 4 nitrogen and oxygen atoms in total. The molecule has 1 aromatic heterocycles. The molecular weight excluding hydrogens is 358 g/mol. The second kappa shape index (κ2) is 6.32. The molecule has 0 radical (unpaired) electrons. The normalized spacial score (nSPS) is 18.0. The number of nitrogens with one attached hydrogen (secondary N) is 1. The van der Waals surface area contributed by atoms with E-state index >= 15 is 0 Å². The third-order valence-electron chi connectivity index (χ3n) is 5.96. The van der Waals surface area contributed by atoms with Crippen molar-refractivity contribution in [3.8, 4) is 0 Å². The lowest BCUT2D eigenvalue weighted by Crippen LogP contribution is -2.44. The topological polar surface area (TPSA) is 45.2 Å². The second-order valence-corrected chi connectivity index (χ2v) is 7.90. The van der Waals surface area contributed by atoms with Crippen LogP contribution in [0.3, 0.4) is 0 Å². The summed E-state index contributed by atoms with van der Waals surface area (Å²) in [5.41, 5.74) is 2.66. The van der Waals surface area contributed by atoms with Gasteiger partial charge in [0.1, 0.15) is 5.69 Å². The van der Waals surface area contributed by atoms with Crippen LogP contribution in [0.4, 0.5) is 5.69 Å². The molecule has 3 heterocycles. The number of anilines is 1. The molecule has 27 heavy (non-hydrogen) atoms. The Morgan fingerprint density at radius 1 is 1.11 bits per heavy atom. The summed E-state index contributed by atoms with van der Waals surface area (Å²) in [6.45, 7) is 2.61. The zero-order valence-corrected chi connectivity index (χ0v) is 15.7. The lowest BCUT2D eigenvalue weighted by atomic mass is 9.75. The molecule has 5 heteroatoms. The average Bonchev–Trinajstić information content (AvgIpc) is 3.01. The van der Waals surface area contributed by atoms with Gasteiger partial charge in [-0.25, -0.2) is 0 Å². The van der Waals surface area contributed by atoms with Gasteiger partial charge in [0, 0.05) is 34.3 Å². The number of halogens is 1. The molecule has 5 rings (SSSR count). The van der Waals surface area contributed by atoms with Gasteiger partial charge in [-0.3, -0.25) is 9.78 Å². The predicted octanol–water partition coefficient (Wildman–Crippen LogP) is 4.17. The standard InChI is InChI=1S/C22H20ClN3O/c23-16-5-6-19-18(13-16)22(8-11-24-12-9-22)14-26(19)21(27)20-17-4-2-1-3-15(17)7-10-25-20/h1-7,10,13,24H,8-9,11-12,14H2. The number of amides is 1. The van der Waals surface area contributed by atoms with Crippen LogP contribution in [0.2, 0.25) is 5.02 Å². The van der Waals surface area contributed by atoms with Gasteiger partial charge in [0.25, 0.3) is 5.91 Å². The van der Waals surface area contributed by atoms with E-state index < -0.39 is 0 Å². The number of aromatic nitrogens is 1. The lowest BCUT2D eigenvalue weighted by Gasteiger charge is -2.34. The predicted molar refractivity (Wildman–Crippen MR) is 109 cm³/mol. The number of fused-ring (bicyclic) bond motifs is 3. The summed E-state index contributed by atoms with van der Waals surface area (Å²) in [5.74, 6) is -0.0363. The Labute approximate surface area is 163 Å². The molecule has 1 amide bonds. The molecule has 0 saturated carbocycles. The van der Waals surface area contributed by atoms with Crippen molar-refractivity contribution in [1.29, 1.82) is 0 Å². The maximum Gasteiger partial charge on any atom is 0.277 e. The molecule has 0 unspecified atom stereocenters. The third-order valence-corrected chi connectivity index (χ3v) is 6.20. The highest BCUT2D eigenvalue weighted by molar-refractivity contribution is 6.30. The maximum atomic E-state index is 13.5. The van der Waals surface area contributed by atoms with E-state index in [1.54, 1.807) is 6.20 Å². The fourth-order valence-electron chi connectivity index (χ4n) is 4.57. The van der Waals surface area contributed by atoms with E-state index in [2.05, 4.69) is 10.3 Å². The van der Waals surface area contributed by atoms with E-state index in [0.29, 0.717) is 12.2 Å². The smallest absolute Gasteiger partial charge is 0.277 e. The summed E-state index contributed by atoms with van der Waals surface area (Å²) in [7, 11) is 0. The molecule has 2 aliphatic rings. The van der Waals surface area contributed by atoms with Crippen LogP contribution >= 0.6 is 11.6 Å². The number of hydrogen-bond donors (Lipinski definition) is 1. The summed E-state index contributed by atoms with van der Waals surface area (Å²) in [6, 6.07) is 15.8. The van der Waals surface area contributed by atoms with E-state index in [0.717, 1.165) is 47.4 Å². The summed E-state index contributed by atoms with van der Waals surface area (Å²) in [5, 5.41) is 6.08. The van der Waals surface area contributed by atoms with Crippen LogP contribution in [-0.2, 0) is 5.41 Å². The van der Waals surface area contributed by atoms with E-state index in [1.165, 1.54) is 5.56 Å². The highest BCUT2D eigenvalue weighted by Crippen LogP contribution is 2.47. The van der Waals surface area contributed by atoms with Gasteiger partial charge in [-0.15, -0.1) is 0 Å². The van der Waals surface area contributed by atoms with Crippen molar-refractivity contribution >= 4 is 34.0 Å². The number of hydrogen-bond acceptors (Lipinski definition) is 3. The van der Waals surface area contributed by atoms with Gasteiger partial charge in [-0.2, -0.15) is 0 Å². The van der Waals surface area contributed by atoms with E-state index in [-0.39, 0.29) is 11.3 Å². The molecule has 136 valence electrons. The molecule has 2 aliphatic heterocycles. The number of carbonyl (C=O) groups is 1. The van der Waals surface area contributed by atoms with Crippen molar-refractivity contribution in [3.63, 3.8) is 0 Å². The molecule has 0 aliphatic carbocycles. The van der Waals surface area contributed by atoms with Crippen LogP contribution in [-0.4, -0.2) is 30.5 Å².